The van der Waals surface area contributed by atoms with Crippen molar-refractivity contribution in [1.82, 2.24) is 19.9 Å². The number of thiazole rings is 1. The van der Waals surface area contributed by atoms with Gasteiger partial charge in [-0.2, -0.15) is 0 Å². The summed E-state index contributed by atoms with van der Waals surface area (Å²) in [5.41, 5.74) is 1.68. The van der Waals surface area contributed by atoms with Gasteiger partial charge in [0.2, 0.25) is 5.88 Å². The largest absolute Gasteiger partial charge is 0.473 e. The molecule has 20 heavy (non-hydrogen) atoms. The number of carbonyl (C=O) groups is 1. The number of likely N-dealkylation sites (tertiary alicyclic amines) is 1. The van der Waals surface area contributed by atoms with Crippen molar-refractivity contribution in [3.63, 3.8) is 0 Å². The van der Waals surface area contributed by atoms with Gasteiger partial charge in [0, 0.05) is 38.3 Å². The molecule has 1 fully saturated rings. The number of amides is 1. The molecule has 1 aliphatic heterocycles. The molecule has 7 heteroatoms. The summed E-state index contributed by atoms with van der Waals surface area (Å²) in [5.74, 6) is 0.602. The second kappa shape index (κ2) is 5.96. The minimum absolute atomic E-state index is 0.0606. The van der Waals surface area contributed by atoms with Crippen LogP contribution >= 0.6 is 11.3 Å². The molecule has 0 aromatic carbocycles. The zero-order valence-corrected chi connectivity index (χ0v) is 11.6. The van der Waals surface area contributed by atoms with Crippen LogP contribution in [0.2, 0.25) is 0 Å². The summed E-state index contributed by atoms with van der Waals surface area (Å²) < 4.78 is 5.75. The molecule has 0 saturated carbocycles. The van der Waals surface area contributed by atoms with E-state index >= 15 is 0 Å². The monoisotopic (exact) mass is 290 g/mol. The number of carbonyl (C=O) groups excluding carboxylic acids is 1. The number of hydrogen-bond acceptors (Lipinski definition) is 6. The standard InChI is InChI=1S/C13H14N4O2S/c18-13(11-7-15-9-20-11)17-5-1-10(2-6-17)19-12-8-14-3-4-16-12/h3-4,7-10H,1-2,5-6H2. The molecule has 2 aromatic heterocycles. The first-order valence-corrected chi connectivity index (χ1v) is 7.31. The summed E-state index contributed by atoms with van der Waals surface area (Å²) >= 11 is 1.38. The van der Waals surface area contributed by atoms with Gasteiger partial charge >= 0.3 is 0 Å². The molecule has 0 N–H and O–H groups in total. The fourth-order valence-electron chi connectivity index (χ4n) is 2.17. The number of piperidine rings is 1. The van der Waals surface area contributed by atoms with E-state index in [0.717, 1.165) is 12.8 Å². The zero-order chi connectivity index (χ0) is 13.8. The minimum Gasteiger partial charge on any atom is -0.473 e. The Hall–Kier alpha value is -2.02. The van der Waals surface area contributed by atoms with Gasteiger partial charge in [-0.05, 0) is 0 Å². The van der Waals surface area contributed by atoms with Crippen LogP contribution in [0.5, 0.6) is 5.88 Å². The van der Waals surface area contributed by atoms with E-state index in [0.29, 0.717) is 23.8 Å². The predicted octanol–water partition coefficient (Wildman–Crippen LogP) is 1.62. The molecule has 0 aliphatic carbocycles. The summed E-state index contributed by atoms with van der Waals surface area (Å²) in [6.07, 6.45) is 8.16. The lowest BCUT2D eigenvalue weighted by molar-refractivity contribution is 0.0591. The molecule has 6 nitrogen and oxygen atoms in total. The molecule has 0 bridgehead atoms. The van der Waals surface area contributed by atoms with Crippen LogP contribution in [-0.4, -0.2) is 45.0 Å². The normalized spacial score (nSPS) is 16.1. The fourth-order valence-corrected chi connectivity index (χ4v) is 2.76. The van der Waals surface area contributed by atoms with Gasteiger partial charge < -0.3 is 9.64 Å². The highest BCUT2D eigenvalue weighted by Crippen LogP contribution is 2.19. The van der Waals surface area contributed by atoms with E-state index in [1.54, 1.807) is 30.3 Å². The van der Waals surface area contributed by atoms with E-state index in [1.165, 1.54) is 11.3 Å². The highest BCUT2D eigenvalue weighted by Gasteiger charge is 2.25. The maximum atomic E-state index is 12.2. The average molecular weight is 290 g/mol. The summed E-state index contributed by atoms with van der Waals surface area (Å²) in [6, 6.07) is 0. The first kappa shape index (κ1) is 13.0. The molecule has 1 saturated heterocycles. The molecule has 3 heterocycles. The van der Waals surface area contributed by atoms with Gasteiger partial charge in [-0.25, -0.2) is 4.98 Å². The number of nitrogens with zero attached hydrogens (tertiary/aromatic N) is 4. The van der Waals surface area contributed by atoms with E-state index in [9.17, 15) is 4.79 Å². The Kier molecular flexibility index (Phi) is 3.87. The SMILES string of the molecule is O=C(c1cncs1)N1CCC(Oc2cnccn2)CC1. The molecule has 0 spiro atoms. The van der Waals surface area contributed by atoms with Gasteiger partial charge in [0.1, 0.15) is 11.0 Å². The van der Waals surface area contributed by atoms with Crippen LogP contribution in [0, 0.1) is 0 Å². The molecule has 1 amide bonds. The lowest BCUT2D eigenvalue weighted by Crippen LogP contribution is -2.41. The molecule has 0 radical (unpaired) electrons. The maximum absolute atomic E-state index is 12.2. The van der Waals surface area contributed by atoms with Crippen LogP contribution in [0.25, 0.3) is 0 Å². The summed E-state index contributed by atoms with van der Waals surface area (Å²) in [5, 5.41) is 0. The quantitative estimate of drug-likeness (QED) is 0.859. The lowest BCUT2D eigenvalue weighted by atomic mass is 10.1. The van der Waals surface area contributed by atoms with Crippen LogP contribution in [0.1, 0.15) is 22.5 Å². The highest BCUT2D eigenvalue weighted by molar-refractivity contribution is 7.11. The number of aromatic nitrogens is 3. The van der Waals surface area contributed by atoms with Crippen molar-refractivity contribution in [3.05, 3.63) is 35.2 Å². The second-order valence-electron chi connectivity index (χ2n) is 4.52. The van der Waals surface area contributed by atoms with Crippen molar-refractivity contribution in [2.75, 3.05) is 13.1 Å². The maximum Gasteiger partial charge on any atom is 0.265 e. The van der Waals surface area contributed by atoms with E-state index in [-0.39, 0.29) is 12.0 Å². The number of ether oxygens (including phenoxy) is 1. The Labute approximate surface area is 120 Å². The second-order valence-corrected chi connectivity index (χ2v) is 5.41. The summed E-state index contributed by atoms with van der Waals surface area (Å²) in [4.78, 5) is 26.7. The van der Waals surface area contributed by atoms with E-state index in [2.05, 4.69) is 15.0 Å². The van der Waals surface area contributed by atoms with E-state index < -0.39 is 0 Å². The van der Waals surface area contributed by atoms with Gasteiger partial charge in [0.05, 0.1) is 17.9 Å². The fraction of sp³-hybridized carbons (Fsp3) is 0.385. The van der Waals surface area contributed by atoms with Gasteiger partial charge in [0.15, 0.2) is 0 Å². The van der Waals surface area contributed by atoms with E-state index in [1.807, 2.05) is 4.90 Å². The van der Waals surface area contributed by atoms with Crippen molar-refractivity contribution in [3.8, 4) is 5.88 Å². The Morgan fingerprint density at radius 2 is 2.10 bits per heavy atom. The molecule has 3 rings (SSSR count). The number of rotatable bonds is 3. The molecule has 2 aromatic rings. The van der Waals surface area contributed by atoms with Crippen molar-refractivity contribution < 1.29 is 9.53 Å². The van der Waals surface area contributed by atoms with Gasteiger partial charge in [0.25, 0.3) is 5.91 Å². The van der Waals surface area contributed by atoms with Gasteiger partial charge in [-0.3, -0.25) is 14.8 Å². The molecular weight excluding hydrogens is 276 g/mol. The Balaban J connectivity index is 1.53. The Morgan fingerprint density at radius 3 is 2.75 bits per heavy atom. The van der Waals surface area contributed by atoms with Crippen molar-refractivity contribution >= 4 is 17.2 Å². The molecular formula is C13H14N4O2S. The van der Waals surface area contributed by atoms with Crippen LogP contribution in [0.15, 0.2) is 30.3 Å². The van der Waals surface area contributed by atoms with E-state index in [4.69, 9.17) is 4.74 Å². The van der Waals surface area contributed by atoms with Gasteiger partial charge in [-0.1, -0.05) is 0 Å². The summed E-state index contributed by atoms with van der Waals surface area (Å²) in [7, 11) is 0. The third kappa shape index (κ3) is 2.93. The van der Waals surface area contributed by atoms with Crippen LogP contribution in [0.4, 0.5) is 0 Å². The Morgan fingerprint density at radius 1 is 1.25 bits per heavy atom. The number of hydrogen-bond donors (Lipinski definition) is 0. The summed E-state index contributed by atoms with van der Waals surface area (Å²) in [6.45, 7) is 1.39. The first-order chi connectivity index (χ1) is 9.83. The van der Waals surface area contributed by atoms with Crippen LogP contribution in [0.3, 0.4) is 0 Å². The van der Waals surface area contributed by atoms with Crippen molar-refractivity contribution in [2.24, 2.45) is 0 Å². The van der Waals surface area contributed by atoms with Crippen molar-refractivity contribution in [1.29, 1.82) is 0 Å². The molecule has 0 atom stereocenters. The van der Waals surface area contributed by atoms with Crippen molar-refractivity contribution in [2.45, 2.75) is 18.9 Å². The predicted molar refractivity (Wildman–Crippen MR) is 73.7 cm³/mol. The Bertz CT molecular complexity index is 553. The molecule has 1 aliphatic rings. The minimum atomic E-state index is 0.0606. The average Bonchev–Trinajstić information content (AvgIpc) is 3.03. The first-order valence-electron chi connectivity index (χ1n) is 6.43. The topological polar surface area (TPSA) is 68.2 Å². The highest BCUT2D eigenvalue weighted by atomic mass is 32.1. The molecule has 104 valence electrons. The smallest absolute Gasteiger partial charge is 0.265 e. The van der Waals surface area contributed by atoms with Gasteiger partial charge in [-0.15, -0.1) is 11.3 Å². The third-order valence-electron chi connectivity index (χ3n) is 3.20. The third-order valence-corrected chi connectivity index (χ3v) is 3.96. The molecule has 0 unspecified atom stereocenters. The van der Waals surface area contributed by atoms with Crippen LogP contribution in [-0.2, 0) is 0 Å². The zero-order valence-electron chi connectivity index (χ0n) is 10.8. The van der Waals surface area contributed by atoms with Crippen LogP contribution < -0.4 is 4.74 Å². The lowest BCUT2D eigenvalue weighted by Gasteiger charge is -2.31.